The van der Waals surface area contributed by atoms with Gasteiger partial charge in [0.15, 0.2) is 0 Å². The summed E-state index contributed by atoms with van der Waals surface area (Å²) in [5.74, 6) is 0.576. The van der Waals surface area contributed by atoms with Gasteiger partial charge < -0.3 is 15.1 Å². The number of likely N-dealkylation sites (tertiary alicyclic amines) is 1. The number of carbonyl (C=O) groups excluding carboxylic acids is 2. The van der Waals surface area contributed by atoms with Crippen LogP contribution in [0.4, 0.5) is 0 Å². The maximum atomic E-state index is 12.5. The molecule has 1 aromatic carbocycles. The molecule has 2 amide bonds. The van der Waals surface area contributed by atoms with E-state index in [9.17, 15) is 9.59 Å². The molecule has 26 heavy (non-hydrogen) atoms. The zero-order chi connectivity index (χ0) is 19.3. The van der Waals surface area contributed by atoms with E-state index in [-0.39, 0.29) is 17.7 Å². The highest BCUT2D eigenvalue weighted by molar-refractivity contribution is 6.30. The Morgan fingerprint density at radius 3 is 2.27 bits per heavy atom. The summed E-state index contributed by atoms with van der Waals surface area (Å²) in [6.45, 7) is 6.21. The standard InChI is InChI=1S/C20H30ClN3O2/c1-14(2)18(23(3)4)13-22-19(25)15-9-11-24(12-10-15)20(26)16-5-7-17(21)8-6-16/h5-8,14-15,18H,9-13H2,1-4H3,(H,22,25). The Labute approximate surface area is 161 Å². The van der Waals surface area contributed by atoms with Crippen LogP contribution in [0.1, 0.15) is 37.0 Å². The van der Waals surface area contributed by atoms with Gasteiger partial charge in [-0.05, 0) is 57.1 Å². The quantitative estimate of drug-likeness (QED) is 0.826. The first-order valence-electron chi connectivity index (χ1n) is 9.28. The minimum Gasteiger partial charge on any atom is -0.354 e. The molecule has 1 aliphatic rings. The zero-order valence-electron chi connectivity index (χ0n) is 16.2. The Hall–Kier alpha value is -1.59. The molecule has 0 aromatic heterocycles. The molecule has 1 saturated heterocycles. The van der Waals surface area contributed by atoms with Gasteiger partial charge in [-0.3, -0.25) is 9.59 Å². The number of hydrogen-bond donors (Lipinski definition) is 1. The van der Waals surface area contributed by atoms with Gasteiger partial charge in [0.2, 0.25) is 5.91 Å². The molecule has 6 heteroatoms. The molecule has 1 N–H and O–H groups in total. The van der Waals surface area contributed by atoms with Crippen LogP contribution in [-0.4, -0.2) is 61.4 Å². The van der Waals surface area contributed by atoms with E-state index in [0.29, 0.717) is 55.0 Å². The molecule has 0 spiro atoms. The van der Waals surface area contributed by atoms with Gasteiger partial charge in [-0.15, -0.1) is 0 Å². The molecule has 2 rings (SSSR count). The van der Waals surface area contributed by atoms with E-state index in [1.807, 2.05) is 19.0 Å². The van der Waals surface area contributed by atoms with Crippen molar-refractivity contribution in [2.45, 2.75) is 32.7 Å². The average Bonchev–Trinajstić information content (AvgIpc) is 2.61. The van der Waals surface area contributed by atoms with E-state index in [0.717, 1.165) is 0 Å². The third-order valence-corrected chi connectivity index (χ3v) is 5.41. The third kappa shape index (κ3) is 5.45. The smallest absolute Gasteiger partial charge is 0.253 e. The second kappa shape index (κ2) is 9.38. The number of rotatable bonds is 6. The number of halogens is 1. The van der Waals surface area contributed by atoms with Gasteiger partial charge in [-0.1, -0.05) is 25.4 Å². The van der Waals surface area contributed by atoms with Crippen LogP contribution >= 0.6 is 11.6 Å². The minimum absolute atomic E-state index is 0.00741. The summed E-state index contributed by atoms with van der Waals surface area (Å²) in [4.78, 5) is 29.0. The molecular weight excluding hydrogens is 350 g/mol. The predicted molar refractivity (Wildman–Crippen MR) is 105 cm³/mol. The molecule has 1 atom stereocenters. The first kappa shape index (κ1) is 20.7. The van der Waals surface area contributed by atoms with Crippen LogP contribution in [0.15, 0.2) is 24.3 Å². The Kier molecular flexibility index (Phi) is 7.47. The Bertz CT molecular complexity index is 600. The lowest BCUT2D eigenvalue weighted by molar-refractivity contribution is -0.126. The Morgan fingerprint density at radius 2 is 1.77 bits per heavy atom. The number of piperidine rings is 1. The van der Waals surface area contributed by atoms with E-state index in [4.69, 9.17) is 11.6 Å². The van der Waals surface area contributed by atoms with E-state index in [1.54, 1.807) is 24.3 Å². The van der Waals surface area contributed by atoms with Crippen LogP contribution in [-0.2, 0) is 4.79 Å². The maximum absolute atomic E-state index is 12.5. The number of nitrogens with one attached hydrogen (secondary N) is 1. The summed E-state index contributed by atoms with van der Waals surface area (Å²) in [5.41, 5.74) is 0.642. The molecule has 1 aliphatic heterocycles. The molecule has 0 saturated carbocycles. The second-order valence-corrected chi connectivity index (χ2v) is 8.03. The van der Waals surface area contributed by atoms with Crippen LogP contribution in [0.25, 0.3) is 0 Å². The number of likely N-dealkylation sites (N-methyl/N-ethyl adjacent to an activating group) is 1. The monoisotopic (exact) mass is 379 g/mol. The van der Waals surface area contributed by atoms with Crippen molar-refractivity contribution < 1.29 is 9.59 Å². The highest BCUT2D eigenvalue weighted by atomic mass is 35.5. The van der Waals surface area contributed by atoms with Crippen LogP contribution in [0, 0.1) is 11.8 Å². The Balaban J connectivity index is 1.82. The fourth-order valence-electron chi connectivity index (χ4n) is 3.48. The van der Waals surface area contributed by atoms with Crippen molar-refractivity contribution in [1.82, 2.24) is 15.1 Å². The number of hydrogen-bond acceptors (Lipinski definition) is 3. The van der Waals surface area contributed by atoms with Crippen molar-refractivity contribution in [3.63, 3.8) is 0 Å². The van der Waals surface area contributed by atoms with Crippen LogP contribution in [0.2, 0.25) is 5.02 Å². The van der Waals surface area contributed by atoms with Gasteiger partial charge in [-0.25, -0.2) is 0 Å². The first-order chi connectivity index (χ1) is 12.3. The van der Waals surface area contributed by atoms with Crippen LogP contribution in [0.5, 0.6) is 0 Å². The summed E-state index contributed by atoms with van der Waals surface area (Å²) in [7, 11) is 4.08. The minimum atomic E-state index is -0.0146. The van der Waals surface area contributed by atoms with E-state index in [1.165, 1.54) is 0 Å². The lowest BCUT2D eigenvalue weighted by Gasteiger charge is -2.33. The molecule has 1 aromatic rings. The maximum Gasteiger partial charge on any atom is 0.253 e. The second-order valence-electron chi connectivity index (χ2n) is 7.59. The molecule has 5 nitrogen and oxygen atoms in total. The largest absolute Gasteiger partial charge is 0.354 e. The van der Waals surface area contributed by atoms with Gasteiger partial charge in [0.05, 0.1) is 0 Å². The number of carbonyl (C=O) groups is 2. The molecule has 0 bridgehead atoms. The number of amides is 2. The fraction of sp³-hybridized carbons (Fsp3) is 0.600. The Morgan fingerprint density at radius 1 is 1.19 bits per heavy atom. The lowest BCUT2D eigenvalue weighted by Crippen LogP contribution is -2.47. The summed E-state index contributed by atoms with van der Waals surface area (Å²) in [5, 5.41) is 3.72. The average molecular weight is 380 g/mol. The highest BCUT2D eigenvalue weighted by Gasteiger charge is 2.28. The predicted octanol–water partition coefficient (Wildman–Crippen LogP) is 2.89. The number of benzene rings is 1. The molecule has 1 unspecified atom stereocenters. The first-order valence-corrected chi connectivity index (χ1v) is 9.66. The van der Waals surface area contributed by atoms with Crippen LogP contribution < -0.4 is 5.32 Å². The topological polar surface area (TPSA) is 52.7 Å². The van der Waals surface area contributed by atoms with Crippen molar-refractivity contribution in [2.24, 2.45) is 11.8 Å². The van der Waals surface area contributed by atoms with Gasteiger partial charge in [-0.2, -0.15) is 0 Å². The van der Waals surface area contributed by atoms with Crippen molar-refractivity contribution in [1.29, 1.82) is 0 Å². The molecule has 0 radical (unpaired) electrons. The van der Waals surface area contributed by atoms with Crippen molar-refractivity contribution in [3.05, 3.63) is 34.9 Å². The van der Waals surface area contributed by atoms with Gasteiger partial charge in [0.1, 0.15) is 0 Å². The van der Waals surface area contributed by atoms with Crippen molar-refractivity contribution >= 4 is 23.4 Å². The zero-order valence-corrected chi connectivity index (χ0v) is 16.9. The van der Waals surface area contributed by atoms with Gasteiger partial charge in [0, 0.05) is 42.2 Å². The summed E-state index contributed by atoms with van der Waals surface area (Å²) < 4.78 is 0. The van der Waals surface area contributed by atoms with E-state index < -0.39 is 0 Å². The molecule has 144 valence electrons. The van der Waals surface area contributed by atoms with E-state index >= 15 is 0 Å². The summed E-state index contributed by atoms with van der Waals surface area (Å²) in [6, 6.07) is 7.27. The molecular formula is C20H30ClN3O2. The number of nitrogens with zero attached hydrogens (tertiary/aromatic N) is 2. The van der Waals surface area contributed by atoms with Gasteiger partial charge >= 0.3 is 0 Å². The third-order valence-electron chi connectivity index (χ3n) is 5.16. The van der Waals surface area contributed by atoms with Crippen molar-refractivity contribution in [2.75, 3.05) is 33.7 Å². The van der Waals surface area contributed by atoms with E-state index in [2.05, 4.69) is 24.1 Å². The van der Waals surface area contributed by atoms with Crippen LogP contribution in [0.3, 0.4) is 0 Å². The SMILES string of the molecule is CC(C)C(CNC(=O)C1CCN(C(=O)c2ccc(Cl)cc2)CC1)N(C)C. The molecule has 0 aliphatic carbocycles. The normalized spacial score (nSPS) is 16.8. The molecule has 1 fully saturated rings. The lowest BCUT2D eigenvalue weighted by atomic mass is 9.95. The highest BCUT2D eigenvalue weighted by Crippen LogP contribution is 2.20. The summed E-state index contributed by atoms with van der Waals surface area (Å²) >= 11 is 5.87. The summed E-state index contributed by atoms with van der Waals surface area (Å²) in [6.07, 6.45) is 1.42. The molecule has 1 heterocycles. The van der Waals surface area contributed by atoms with Gasteiger partial charge in [0.25, 0.3) is 5.91 Å². The fourth-order valence-corrected chi connectivity index (χ4v) is 3.61. The van der Waals surface area contributed by atoms with Crippen molar-refractivity contribution in [3.8, 4) is 0 Å².